The summed E-state index contributed by atoms with van der Waals surface area (Å²) in [5, 5.41) is 11.8. The highest BCUT2D eigenvalue weighted by Crippen LogP contribution is 2.13. The van der Waals surface area contributed by atoms with Gasteiger partial charge in [0, 0.05) is 12.2 Å². The summed E-state index contributed by atoms with van der Waals surface area (Å²) in [5.41, 5.74) is 1.10. The van der Waals surface area contributed by atoms with Gasteiger partial charge in [-0.25, -0.2) is 14.6 Å². The first-order valence-corrected chi connectivity index (χ1v) is 7.08. The zero-order valence-corrected chi connectivity index (χ0v) is 13.2. The summed E-state index contributed by atoms with van der Waals surface area (Å²) in [7, 11) is 0. The van der Waals surface area contributed by atoms with Crippen molar-refractivity contribution in [3.63, 3.8) is 0 Å². The van der Waals surface area contributed by atoms with E-state index >= 15 is 0 Å². The van der Waals surface area contributed by atoms with E-state index in [4.69, 9.17) is 9.84 Å². The van der Waals surface area contributed by atoms with Crippen molar-refractivity contribution >= 4 is 12.1 Å². The molecule has 7 heteroatoms. The Morgan fingerprint density at radius 2 is 1.91 bits per heavy atom. The third-order valence-electron chi connectivity index (χ3n) is 2.91. The van der Waals surface area contributed by atoms with Crippen molar-refractivity contribution in [1.82, 2.24) is 14.9 Å². The molecule has 0 aliphatic heterocycles. The van der Waals surface area contributed by atoms with E-state index in [2.05, 4.69) is 10.3 Å². The zero-order chi connectivity index (χ0) is 17.0. The first-order valence-electron chi connectivity index (χ1n) is 7.08. The Kier molecular flexibility index (Phi) is 4.68. The molecule has 0 spiro atoms. The van der Waals surface area contributed by atoms with Gasteiger partial charge in [0.15, 0.2) is 5.69 Å². The summed E-state index contributed by atoms with van der Waals surface area (Å²) >= 11 is 0. The third-order valence-corrected chi connectivity index (χ3v) is 2.91. The first-order chi connectivity index (χ1) is 10.8. The molecule has 1 amide bonds. The number of aromatic nitrogens is 2. The van der Waals surface area contributed by atoms with Crippen molar-refractivity contribution in [3.8, 4) is 5.69 Å². The van der Waals surface area contributed by atoms with Gasteiger partial charge in [-0.15, -0.1) is 0 Å². The van der Waals surface area contributed by atoms with Crippen LogP contribution in [0.2, 0.25) is 0 Å². The number of alkyl carbamates (subject to hydrolysis) is 1. The second kappa shape index (κ2) is 6.51. The molecular formula is C16H19N3O4. The number of ether oxygens (including phenoxy) is 1. The largest absolute Gasteiger partial charge is 0.477 e. The van der Waals surface area contributed by atoms with Crippen LogP contribution in [0.4, 0.5) is 4.79 Å². The molecule has 0 unspecified atom stereocenters. The van der Waals surface area contributed by atoms with Gasteiger partial charge < -0.3 is 15.2 Å². The average Bonchev–Trinajstić information content (AvgIpc) is 2.93. The third kappa shape index (κ3) is 4.57. The van der Waals surface area contributed by atoms with Gasteiger partial charge in [0.2, 0.25) is 0 Å². The Labute approximate surface area is 133 Å². The number of hydrogen-bond donors (Lipinski definition) is 2. The van der Waals surface area contributed by atoms with Crippen molar-refractivity contribution in [2.75, 3.05) is 0 Å². The molecule has 1 aromatic heterocycles. The van der Waals surface area contributed by atoms with Gasteiger partial charge in [-0.2, -0.15) is 0 Å². The highest BCUT2D eigenvalue weighted by Gasteiger charge is 2.15. The quantitative estimate of drug-likeness (QED) is 0.904. The van der Waals surface area contributed by atoms with Crippen LogP contribution in [0.1, 0.15) is 36.8 Å². The first kappa shape index (κ1) is 16.5. The van der Waals surface area contributed by atoms with Crippen LogP contribution in [0, 0.1) is 0 Å². The maximum Gasteiger partial charge on any atom is 0.407 e. The Hall–Kier alpha value is -2.83. The maximum absolute atomic E-state index is 11.6. The summed E-state index contributed by atoms with van der Waals surface area (Å²) in [6, 6.07) is 7.14. The summed E-state index contributed by atoms with van der Waals surface area (Å²) in [4.78, 5) is 26.5. The van der Waals surface area contributed by atoms with Crippen molar-refractivity contribution in [2.24, 2.45) is 0 Å². The van der Waals surface area contributed by atoms with Crippen LogP contribution in [0.5, 0.6) is 0 Å². The topological polar surface area (TPSA) is 93.5 Å². The molecule has 0 radical (unpaired) electrons. The van der Waals surface area contributed by atoms with Crippen LogP contribution in [-0.2, 0) is 11.3 Å². The lowest BCUT2D eigenvalue weighted by atomic mass is 10.2. The SMILES string of the molecule is CC(C)(C)OC(=O)NCc1ccc(-n2cncc2C(=O)O)cc1. The minimum Gasteiger partial charge on any atom is -0.477 e. The number of carbonyl (C=O) groups is 2. The molecule has 23 heavy (non-hydrogen) atoms. The second-order valence-corrected chi connectivity index (χ2v) is 5.98. The van der Waals surface area contributed by atoms with Gasteiger partial charge >= 0.3 is 12.1 Å². The predicted molar refractivity (Wildman–Crippen MR) is 83.6 cm³/mol. The monoisotopic (exact) mass is 317 g/mol. The Morgan fingerprint density at radius 1 is 1.26 bits per heavy atom. The van der Waals surface area contributed by atoms with Crippen LogP contribution in [-0.4, -0.2) is 32.3 Å². The van der Waals surface area contributed by atoms with Gasteiger partial charge in [0.05, 0.1) is 12.5 Å². The molecule has 2 N–H and O–H groups in total. The van der Waals surface area contributed by atoms with Crippen molar-refractivity contribution in [2.45, 2.75) is 32.9 Å². The molecule has 0 atom stereocenters. The summed E-state index contributed by atoms with van der Waals surface area (Å²) in [6.07, 6.45) is 2.25. The lowest BCUT2D eigenvalue weighted by molar-refractivity contribution is 0.0523. The summed E-state index contributed by atoms with van der Waals surface area (Å²) < 4.78 is 6.64. The second-order valence-electron chi connectivity index (χ2n) is 5.98. The molecule has 0 fully saturated rings. The van der Waals surface area contributed by atoms with Crippen molar-refractivity contribution in [3.05, 3.63) is 48.0 Å². The van der Waals surface area contributed by atoms with Crippen molar-refractivity contribution in [1.29, 1.82) is 0 Å². The number of nitrogens with one attached hydrogen (secondary N) is 1. The number of amides is 1. The van der Waals surface area contributed by atoms with E-state index in [0.29, 0.717) is 12.2 Å². The highest BCUT2D eigenvalue weighted by molar-refractivity contribution is 5.86. The lowest BCUT2D eigenvalue weighted by Gasteiger charge is -2.19. The fourth-order valence-corrected chi connectivity index (χ4v) is 1.92. The molecule has 2 aromatic rings. The van der Waals surface area contributed by atoms with Gasteiger partial charge in [-0.05, 0) is 38.5 Å². The van der Waals surface area contributed by atoms with E-state index in [1.54, 1.807) is 45.0 Å². The van der Waals surface area contributed by atoms with Gasteiger partial charge in [-0.3, -0.25) is 4.57 Å². The maximum atomic E-state index is 11.6. The van der Waals surface area contributed by atoms with Crippen LogP contribution < -0.4 is 5.32 Å². The summed E-state index contributed by atoms with van der Waals surface area (Å²) in [5.74, 6) is -1.04. The van der Waals surface area contributed by atoms with Crippen LogP contribution >= 0.6 is 0 Å². The minimum absolute atomic E-state index is 0.0876. The van der Waals surface area contributed by atoms with E-state index in [1.165, 1.54) is 17.1 Å². The number of aromatic carboxylic acids is 1. The molecule has 7 nitrogen and oxygen atoms in total. The normalized spacial score (nSPS) is 11.1. The number of imidazole rings is 1. The van der Waals surface area contributed by atoms with Gasteiger partial charge in [0.1, 0.15) is 5.60 Å². The molecule has 0 bridgehead atoms. The van der Waals surface area contributed by atoms with Crippen LogP contribution in [0.25, 0.3) is 5.69 Å². The van der Waals surface area contributed by atoms with E-state index < -0.39 is 17.7 Å². The van der Waals surface area contributed by atoms with Gasteiger partial charge in [-0.1, -0.05) is 12.1 Å². The molecule has 0 aliphatic carbocycles. The zero-order valence-electron chi connectivity index (χ0n) is 13.2. The number of hydrogen-bond acceptors (Lipinski definition) is 4. The number of carbonyl (C=O) groups excluding carboxylic acids is 1. The average molecular weight is 317 g/mol. The fraction of sp³-hybridized carbons (Fsp3) is 0.312. The standard InChI is InChI=1S/C16H19N3O4/c1-16(2,3)23-15(22)18-8-11-4-6-12(7-5-11)19-10-17-9-13(19)14(20)21/h4-7,9-10H,8H2,1-3H3,(H,18,22)(H,20,21). The molecule has 2 rings (SSSR count). The minimum atomic E-state index is -1.04. The molecule has 122 valence electrons. The Bertz CT molecular complexity index is 699. The molecule has 1 aromatic carbocycles. The van der Waals surface area contributed by atoms with Crippen LogP contribution in [0.15, 0.2) is 36.8 Å². The number of nitrogens with zero attached hydrogens (tertiary/aromatic N) is 2. The van der Waals surface area contributed by atoms with E-state index in [1.807, 2.05) is 0 Å². The fourth-order valence-electron chi connectivity index (χ4n) is 1.92. The molecular weight excluding hydrogens is 298 g/mol. The molecule has 0 saturated heterocycles. The van der Waals surface area contributed by atoms with Gasteiger partial charge in [0.25, 0.3) is 0 Å². The molecule has 0 saturated carbocycles. The molecule has 1 heterocycles. The number of carboxylic acid groups (broad SMARTS) is 1. The number of rotatable bonds is 4. The Balaban J connectivity index is 2.01. The van der Waals surface area contributed by atoms with Crippen molar-refractivity contribution < 1.29 is 19.4 Å². The van der Waals surface area contributed by atoms with E-state index in [0.717, 1.165) is 5.56 Å². The van der Waals surface area contributed by atoms with E-state index in [9.17, 15) is 9.59 Å². The number of benzene rings is 1. The Morgan fingerprint density at radius 3 is 2.48 bits per heavy atom. The van der Waals surface area contributed by atoms with Crippen LogP contribution in [0.3, 0.4) is 0 Å². The number of carboxylic acids is 1. The molecule has 0 aliphatic rings. The predicted octanol–water partition coefficient (Wildman–Crippen LogP) is 2.60. The highest BCUT2D eigenvalue weighted by atomic mass is 16.6. The lowest BCUT2D eigenvalue weighted by Crippen LogP contribution is -2.32. The summed E-state index contributed by atoms with van der Waals surface area (Å²) in [6.45, 7) is 5.72. The smallest absolute Gasteiger partial charge is 0.407 e. The van der Waals surface area contributed by atoms with E-state index in [-0.39, 0.29) is 5.69 Å².